The molecule has 110 valence electrons. The van der Waals surface area contributed by atoms with Gasteiger partial charge in [-0.3, -0.25) is 4.79 Å². The molecule has 0 radical (unpaired) electrons. The van der Waals surface area contributed by atoms with Gasteiger partial charge in [-0.25, -0.2) is 9.78 Å². The highest BCUT2D eigenvalue weighted by atomic mass is 32.1. The van der Waals surface area contributed by atoms with Crippen molar-refractivity contribution in [1.29, 1.82) is 0 Å². The zero-order valence-corrected chi connectivity index (χ0v) is 12.0. The molecule has 1 aliphatic heterocycles. The molecule has 2 heterocycles. The molecule has 1 atom stereocenters. The van der Waals surface area contributed by atoms with Crippen LogP contribution in [-0.4, -0.2) is 52.8 Å². The lowest BCUT2D eigenvalue weighted by Gasteiger charge is -2.32. The summed E-state index contributed by atoms with van der Waals surface area (Å²) in [6.07, 6.45) is 1.22. The smallest absolute Gasteiger partial charge is 0.317 e. The number of nitrogens with zero attached hydrogens (tertiary/aromatic N) is 2. The van der Waals surface area contributed by atoms with Gasteiger partial charge in [0.2, 0.25) is 0 Å². The third-order valence-electron chi connectivity index (χ3n) is 2.91. The zero-order chi connectivity index (χ0) is 14.5. The Morgan fingerprint density at radius 1 is 1.65 bits per heavy atom. The largest absolute Gasteiger partial charge is 0.481 e. The highest BCUT2D eigenvalue weighted by molar-refractivity contribution is 7.11. The van der Waals surface area contributed by atoms with E-state index in [9.17, 15) is 9.59 Å². The highest BCUT2D eigenvalue weighted by Gasteiger charge is 2.25. The molecular weight excluding hydrogens is 282 g/mol. The van der Waals surface area contributed by atoms with Gasteiger partial charge in [-0.15, -0.1) is 11.3 Å². The summed E-state index contributed by atoms with van der Waals surface area (Å²) in [4.78, 5) is 29.4. The minimum absolute atomic E-state index is 0.0855. The van der Waals surface area contributed by atoms with Crippen LogP contribution in [0.5, 0.6) is 0 Å². The topological polar surface area (TPSA) is 91.8 Å². The summed E-state index contributed by atoms with van der Waals surface area (Å²) in [5.41, 5.74) is 0. The molecule has 0 spiro atoms. The molecule has 1 saturated heterocycles. The van der Waals surface area contributed by atoms with Crippen molar-refractivity contribution in [3.05, 3.63) is 16.1 Å². The Morgan fingerprint density at radius 2 is 2.45 bits per heavy atom. The Morgan fingerprint density at radius 3 is 3.10 bits per heavy atom. The number of carboxylic acid groups (broad SMARTS) is 1. The van der Waals surface area contributed by atoms with Crippen LogP contribution in [0.15, 0.2) is 6.20 Å². The third-order valence-corrected chi connectivity index (χ3v) is 3.82. The van der Waals surface area contributed by atoms with E-state index in [0.717, 1.165) is 9.88 Å². The molecule has 0 bridgehead atoms. The minimum Gasteiger partial charge on any atom is -0.481 e. The van der Waals surface area contributed by atoms with Gasteiger partial charge in [0.05, 0.1) is 30.7 Å². The fourth-order valence-corrected chi connectivity index (χ4v) is 2.72. The number of aliphatic carboxylic acids is 1. The lowest BCUT2D eigenvalue weighted by molar-refractivity contribution is -0.141. The summed E-state index contributed by atoms with van der Waals surface area (Å²) in [7, 11) is 0. The Balaban J connectivity index is 1.81. The maximum Gasteiger partial charge on any atom is 0.317 e. The molecule has 20 heavy (non-hydrogen) atoms. The molecule has 0 saturated carbocycles. The van der Waals surface area contributed by atoms with Gasteiger partial charge in [-0.2, -0.15) is 0 Å². The molecular formula is C12H17N3O4S. The third kappa shape index (κ3) is 4.17. The van der Waals surface area contributed by atoms with Gasteiger partial charge in [0.1, 0.15) is 0 Å². The summed E-state index contributed by atoms with van der Waals surface area (Å²) < 4.78 is 5.32. The van der Waals surface area contributed by atoms with E-state index in [2.05, 4.69) is 10.3 Å². The van der Waals surface area contributed by atoms with Crippen molar-refractivity contribution in [1.82, 2.24) is 15.2 Å². The monoisotopic (exact) mass is 299 g/mol. The lowest BCUT2D eigenvalue weighted by atomic mass is 10.2. The molecule has 7 nitrogen and oxygen atoms in total. The number of morpholine rings is 1. The second kappa shape index (κ2) is 6.67. The molecule has 2 N–H and O–H groups in total. The number of carbonyl (C=O) groups is 2. The van der Waals surface area contributed by atoms with Gasteiger partial charge >= 0.3 is 12.0 Å². The van der Waals surface area contributed by atoms with E-state index in [-0.39, 0.29) is 12.5 Å². The summed E-state index contributed by atoms with van der Waals surface area (Å²) in [5.74, 6) is -0.919. The molecule has 1 fully saturated rings. The first-order valence-electron chi connectivity index (χ1n) is 6.32. The molecule has 2 amide bonds. The summed E-state index contributed by atoms with van der Waals surface area (Å²) in [5, 5.41) is 12.5. The van der Waals surface area contributed by atoms with Crippen molar-refractivity contribution in [3.63, 3.8) is 0 Å². The number of rotatable bonds is 4. The van der Waals surface area contributed by atoms with Gasteiger partial charge in [0, 0.05) is 24.2 Å². The number of hydrogen-bond acceptors (Lipinski definition) is 5. The first kappa shape index (κ1) is 14.7. The van der Waals surface area contributed by atoms with E-state index >= 15 is 0 Å². The number of hydrogen-bond donors (Lipinski definition) is 2. The van der Waals surface area contributed by atoms with Gasteiger partial charge in [0.15, 0.2) is 0 Å². The van der Waals surface area contributed by atoms with Crippen LogP contribution < -0.4 is 5.32 Å². The molecule has 8 heteroatoms. The van der Waals surface area contributed by atoms with Crippen LogP contribution in [0.25, 0.3) is 0 Å². The van der Waals surface area contributed by atoms with Gasteiger partial charge in [-0.1, -0.05) is 0 Å². The second-order valence-corrected chi connectivity index (χ2v) is 5.86. The van der Waals surface area contributed by atoms with E-state index in [1.807, 2.05) is 6.92 Å². The Labute approximate surface area is 120 Å². The molecule has 0 aliphatic carbocycles. The SMILES string of the molecule is Cc1ncc(CNC(=O)N2CCOC(CC(=O)O)C2)s1. The maximum atomic E-state index is 12.0. The summed E-state index contributed by atoms with van der Waals surface area (Å²) >= 11 is 1.54. The van der Waals surface area contributed by atoms with E-state index in [1.165, 1.54) is 11.3 Å². The van der Waals surface area contributed by atoms with Crippen LogP contribution >= 0.6 is 11.3 Å². The van der Waals surface area contributed by atoms with E-state index in [1.54, 1.807) is 11.1 Å². The summed E-state index contributed by atoms with van der Waals surface area (Å²) in [6, 6.07) is -0.199. The van der Waals surface area contributed by atoms with E-state index in [4.69, 9.17) is 9.84 Å². The predicted octanol–water partition coefficient (Wildman–Crippen LogP) is 0.837. The molecule has 1 aromatic rings. The molecule has 0 aromatic carbocycles. The standard InChI is InChI=1S/C12H17N3O4S/c1-8-13-5-10(20-8)6-14-12(18)15-2-3-19-9(7-15)4-11(16)17/h5,9H,2-4,6-7H2,1H3,(H,14,18)(H,16,17). The van der Waals surface area contributed by atoms with Crippen LogP contribution in [0.3, 0.4) is 0 Å². The predicted molar refractivity (Wildman–Crippen MR) is 72.7 cm³/mol. The normalized spacial score (nSPS) is 18.9. The number of urea groups is 1. The summed E-state index contributed by atoms with van der Waals surface area (Å²) in [6.45, 7) is 3.49. The first-order valence-corrected chi connectivity index (χ1v) is 7.13. The number of aromatic nitrogens is 1. The van der Waals surface area contributed by atoms with Crippen LogP contribution in [0.4, 0.5) is 4.79 Å². The first-order chi connectivity index (χ1) is 9.54. The van der Waals surface area contributed by atoms with Gasteiger partial charge in [0.25, 0.3) is 0 Å². The number of amides is 2. The minimum atomic E-state index is -0.919. The maximum absolute atomic E-state index is 12.0. The number of nitrogens with one attached hydrogen (secondary N) is 1. The number of carbonyl (C=O) groups excluding carboxylic acids is 1. The quantitative estimate of drug-likeness (QED) is 0.859. The number of thiazole rings is 1. The van der Waals surface area contributed by atoms with Crippen LogP contribution in [0.1, 0.15) is 16.3 Å². The fraction of sp³-hybridized carbons (Fsp3) is 0.583. The Bertz CT molecular complexity index is 491. The van der Waals surface area contributed by atoms with Gasteiger partial charge < -0.3 is 20.1 Å². The number of carboxylic acids is 1. The molecule has 1 aliphatic rings. The van der Waals surface area contributed by atoms with Crippen LogP contribution in [-0.2, 0) is 16.1 Å². The molecule has 1 aromatic heterocycles. The van der Waals surface area contributed by atoms with Crippen LogP contribution in [0.2, 0.25) is 0 Å². The van der Waals surface area contributed by atoms with Crippen LogP contribution in [0, 0.1) is 6.92 Å². The number of aryl methyl sites for hydroxylation is 1. The highest BCUT2D eigenvalue weighted by Crippen LogP contribution is 2.12. The fourth-order valence-electron chi connectivity index (χ4n) is 1.98. The van der Waals surface area contributed by atoms with Crippen molar-refractivity contribution in [2.45, 2.75) is 26.0 Å². The average molecular weight is 299 g/mol. The van der Waals surface area contributed by atoms with E-state index in [0.29, 0.717) is 26.2 Å². The average Bonchev–Trinajstić information content (AvgIpc) is 2.81. The van der Waals surface area contributed by atoms with Crippen molar-refractivity contribution >= 4 is 23.3 Å². The van der Waals surface area contributed by atoms with Crippen molar-refractivity contribution in [3.8, 4) is 0 Å². The van der Waals surface area contributed by atoms with Gasteiger partial charge in [-0.05, 0) is 6.92 Å². The Hall–Kier alpha value is -1.67. The zero-order valence-electron chi connectivity index (χ0n) is 11.2. The molecule has 2 rings (SSSR count). The van der Waals surface area contributed by atoms with Crippen molar-refractivity contribution < 1.29 is 19.4 Å². The van der Waals surface area contributed by atoms with Crippen molar-refractivity contribution in [2.75, 3.05) is 19.7 Å². The Kier molecular flexibility index (Phi) is 4.91. The van der Waals surface area contributed by atoms with Crippen molar-refractivity contribution in [2.24, 2.45) is 0 Å². The van der Waals surface area contributed by atoms with E-state index < -0.39 is 12.1 Å². The lowest BCUT2D eigenvalue weighted by Crippen LogP contribution is -2.49. The molecule has 1 unspecified atom stereocenters. The number of ether oxygens (including phenoxy) is 1. The second-order valence-electron chi connectivity index (χ2n) is 4.54.